The van der Waals surface area contributed by atoms with Gasteiger partial charge < -0.3 is 19.6 Å². The third kappa shape index (κ3) is 4.71. The maximum Gasteiger partial charge on any atom is 0.260 e. The van der Waals surface area contributed by atoms with Gasteiger partial charge in [-0.1, -0.05) is 18.2 Å². The molecule has 1 N–H and O–H groups in total. The summed E-state index contributed by atoms with van der Waals surface area (Å²) in [6, 6.07) is 9.62. The van der Waals surface area contributed by atoms with Crippen LogP contribution in [0.25, 0.3) is 0 Å². The van der Waals surface area contributed by atoms with Crippen LogP contribution >= 0.6 is 0 Å². The van der Waals surface area contributed by atoms with Crippen molar-refractivity contribution in [2.75, 3.05) is 24.6 Å². The number of carbonyl (C=O) groups excluding carboxylic acids is 2. The van der Waals surface area contributed by atoms with Gasteiger partial charge in [0.15, 0.2) is 6.61 Å². The molecule has 2 amide bonds. The van der Waals surface area contributed by atoms with Crippen LogP contribution in [0.1, 0.15) is 18.9 Å². The Hall–Kier alpha value is -3.00. The lowest BCUT2D eigenvalue weighted by Gasteiger charge is -2.28. The number of amides is 2. The van der Waals surface area contributed by atoms with Crippen molar-refractivity contribution in [1.29, 1.82) is 0 Å². The highest BCUT2D eigenvalue weighted by atomic mass is 19.1. The molecule has 1 aliphatic rings. The molecule has 1 fully saturated rings. The number of rotatable bonds is 6. The van der Waals surface area contributed by atoms with Gasteiger partial charge in [0, 0.05) is 20.0 Å². The third-order valence-corrected chi connectivity index (χ3v) is 4.87. The Morgan fingerprint density at radius 3 is 2.41 bits per heavy atom. The zero-order chi connectivity index (χ0) is 21.0. The van der Waals surface area contributed by atoms with Gasteiger partial charge >= 0.3 is 0 Å². The average molecular weight is 404 g/mol. The summed E-state index contributed by atoms with van der Waals surface area (Å²) >= 11 is 0. The van der Waals surface area contributed by atoms with Gasteiger partial charge in [-0.3, -0.25) is 9.59 Å². The number of aliphatic hydroxyl groups excluding tert-OH is 1. The van der Waals surface area contributed by atoms with Crippen molar-refractivity contribution >= 4 is 17.5 Å². The van der Waals surface area contributed by atoms with Crippen LogP contribution in [0.2, 0.25) is 0 Å². The average Bonchev–Trinajstić information content (AvgIpc) is 3.18. The lowest BCUT2D eigenvalue weighted by molar-refractivity contribution is -0.132. The Kier molecular flexibility index (Phi) is 6.43. The number of likely N-dealkylation sites (tertiary alicyclic amines) is 1. The summed E-state index contributed by atoms with van der Waals surface area (Å²) in [6.45, 7) is 1.49. The summed E-state index contributed by atoms with van der Waals surface area (Å²) < 4.78 is 33.8. The Morgan fingerprint density at radius 1 is 1.17 bits per heavy atom. The van der Waals surface area contributed by atoms with Crippen LogP contribution in [-0.4, -0.2) is 47.6 Å². The summed E-state index contributed by atoms with van der Waals surface area (Å²) in [5.74, 6) is -1.92. The number of ether oxygens (including phenoxy) is 1. The summed E-state index contributed by atoms with van der Waals surface area (Å²) in [6.07, 6.45) is 0.407. The molecule has 8 heteroatoms. The normalized spacial score (nSPS) is 16.0. The first kappa shape index (κ1) is 20.7. The maximum atomic E-state index is 14.2. The molecular formula is C21H22F2N2O4. The number of anilines is 1. The quantitative estimate of drug-likeness (QED) is 0.803. The van der Waals surface area contributed by atoms with Gasteiger partial charge in [0.2, 0.25) is 5.91 Å². The van der Waals surface area contributed by atoms with Crippen LogP contribution in [-0.2, 0) is 16.2 Å². The topological polar surface area (TPSA) is 70.1 Å². The molecule has 0 spiro atoms. The van der Waals surface area contributed by atoms with Crippen molar-refractivity contribution in [2.24, 2.45) is 0 Å². The largest absolute Gasteiger partial charge is 0.484 e. The van der Waals surface area contributed by atoms with E-state index in [4.69, 9.17) is 9.84 Å². The van der Waals surface area contributed by atoms with E-state index >= 15 is 0 Å². The van der Waals surface area contributed by atoms with Gasteiger partial charge in [-0.25, -0.2) is 8.78 Å². The first-order valence-electron chi connectivity index (χ1n) is 9.25. The number of para-hydroxylation sites is 1. The van der Waals surface area contributed by atoms with Crippen LogP contribution in [0, 0.1) is 11.6 Å². The molecule has 1 heterocycles. The monoisotopic (exact) mass is 404 g/mol. The molecule has 1 aliphatic heterocycles. The third-order valence-electron chi connectivity index (χ3n) is 4.87. The number of nitrogens with zero attached hydrogens (tertiary/aromatic N) is 2. The van der Waals surface area contributed by atoms with Crippen molar-refractivity contribution in [1.82, 2.24) is 4.90 Å². The zero-order valence-electron chi connectivity index (χ0n) is 16.0. The fourth-order valence-corrected chi connectivity index (χ4v) is 3.42. The number of hydrogen-bond acceptors (Lipinski definition) is 4. The number of carbonyl (C=O) groups is 2. The van der Waals surface area contributed by atoms with Crippen LogP contribution < -0.4 is 9.64 Å². The molecule has 1 saturated heterocycles. The standard InChI is InChI=1S/C21H22F2N2O4/c1-14(27)25(21-18(22)3-2-4-19(21)23)16-9-10-24(11-16)20(28)13-29-17-7-5-15(12-26)6-8-17/h2-8,16,26H,9-13H2,1H3. The highest BCUT2D eigenvalue weighted by Gasteiger charge is 2.35. The number of benzene rings is 2. The molecule has 3 rings (SSSR count). The van der Waals surface area contributed by atoms with Gasteiger partial charge in [-0.2, -0.15) is 0 Å². The number of aliphatic hydroxyl groups is 1. The lowest BCUT2D eigenvalue weighted by Crippen LogP contribution is -2.43. The Bertz CT molecular complexity index is 868. The van der Waals surface area contributed by atoms with Crippen LogP contribution in [0.5, 0.6) is 5.75 Å². The van der Waals surface area contributed by atoms with E-state index in [1.54, 1.807) is 24.3 Å². The molecule has 1 unspecified atom stereocenters. The molecule has 0 radical (unpaired) electrons. The smallest absolute Gasteiger partial charge is 0.260 e. The molecule has 6 nitrogen and oxygen atoms in total. The molecule has 1 atom stereocenters. The molecular weight excluding hydrogens is 382 g/mol. The van der Waals surface area contributed by atoms with Gasteiger partial charge in [-0.15, -0.1) is 0 Å². The van der Waals surface area contributed by atoms with Crippen molar-refractivity contribution in [3.8, 4) is 5.75 Å². The van der Waals surface area contributed by atoms with Crippen molar-refractivity contribution in [2.45, 2.75) is 26.0 Å². The van der Waals surface area contributed by atoms with E-state index in [2.05, 4.69) is 0 Å². The molecule has 154 valence electrons. The second-order valence-corrected chi connectivity index (χ2v) is 6.83. The fraction of sp³-hybridized carbons (Fsp3) is 0.333. The molecule has 0 aromatic heterocycles. The van der Waals surface area contributed by atoms with E-state index in [0.717, 1.165) is 22.6 Å². The molecule has 0 bridgehead atoms. The highest BCUT2D eigenvalue weighted by molar-refractivity contribution is 5.92. The van der Waals surface area contributed by atoms with Gasteiger partial charge in [0.1, 0.15) is 23.1 Å². The van der Waals surface area contributed by atoms with Crippen LogP contribution in [0.4, 0.5) is 14.5 Å². The second-order valence-electron chi connectivity index (χ2n) is 6.83. The Morgan fingerprint density at radius 2 is 1.83 bits per heavy atom. The first-order valence-corrected chi connectivity index (χ1v) is 9.25. The SMILES string of the molecule is CC(=O)N(c1c(F)cccc1F)C1CCN(C(=O)COc2ccc(CO)cc2)C1. The van der Waals surface area contributed by atoms with Gasteiger partial charge in [0.25, 0.3) is 5.91 Å². The zero-order valence-corrected chi connectivity index (χ0v) is 16.0. The van der Waals surface area contributed by atoms with Crippen LogP contribution in [0.15, 0.2) is 42.5 Å². The van der Waals surface area contributed by atoms with E-state index in [-0.39, 0.29) is 31.4 Å². The predicted octanol–water partition coefficient (Wildman–Crippen LogP) is 2.49. The first-order chi connectivity index (χ1) is 13.9. The van der Waals surface area contributed by atoms with E-state index in [0.29, 0.717) is 18.7 Å². The van der Waals surface area contributed by atoms with Crippen molar-refractivity contribution in [3.63, 3.8) is 0 Å². The molecule has 2 aromatic rings. The highest BCUT2D eigenvalue weighted by Crippen LogP contribution is 2.29. The van der Waals surface area contributed by atoms with Gasteiger partial charge in [0.05, 0.1) is 12.6 Å². The summed E-state index contributed by atoms with van der Waals surface area (Å²) in [7, 11) is 0. The summed E-state index contributed by atoms with van der Waals surface area (Å²) in [5, 5.41) is 9.04. The summed E-state index contributed by atoms with van der Waals surface area (Å²) in [5.41, 5.74) is 0.343. The minimum Gasteiger partial charge on any atom is -0.484 e. The molecule has 29 heavy (non-hydrogen) atoms. The fourth-order valence-electron chi connectivity index (χ4n) is 3.42. The maximum absolute atomic E-state index is 14.2. The minimum atomic E-state index is -0.820. The molecule has 0 aliphatic carbocycles. The minimum absolute atomic E-state index is 0.0797. The van der Waals surface area contributed by atoms with Crippen LogP contribution in [0.3, 0.4) is 0 Å². The second kappa shape index (κ2) is 9.00. The number of halogens is 2. The van der Waals surface area contributed by atoms with E-state index in [1.165, 1.54) is 17.9 Å². The van der Waals surface area contributed by atoms with E-state index in [1.807, 2.05) is 0 Å². The van der Waals surface area contributed by atoms with Crippen molar-refractivity contribution in [3.05, 3.63) is 59.7 Å². The Balaban J connectivity index is 1.64. The van der Waals surface area contributed by atoms with E-state index in [9.17, 15) is 18.4 Å². The number of hydrogen-bond donors (Lipinski definition) is 1. The molecule has 2 aromatic carbocycles. The lowest BCUT2D eigenvalue weighted by atomic mass is 10.1. The van der Waals surface area contributed by atoms with E-state index < -0.39 is 23.6 Å². The molecule has 0 saturated carbocycles. The van der Waals surface area contributed by atoms with Gasteiger partial charge in [-0.05, 0) is 36.2 Å². The summed E-state index contributed by atoms with van der Waals surface area (Å²) in [4.78, 5) is 27.2. The predicted molar refractivity (Wildman–Crippen MR) is 102 cm³/mol. The van der Waals surface area contributed by atoms with Crippen molar-refractivity contribution < 1.29 is 28.2 Å². The Labute approximate surface area is 167 Å².